The van der Waals surface area contributed by atoms with Gasteiger partial charge in [0.25, 0.3) is 5.56 Å². The van der Waals surface area contributed by atoms with Crippen molar-refractivity contribution in [2.75, 3.05) is 0 Å². The van der Waals surface area contributed by atoms with E-state index >= 15 is 0 Å². The Morgan fingerprint density at radius 1 is 1.40 bits per heavy atom. The second-order valence-electron chi connectivity index (χ2n) is 5.18. The second-order valence-corrected chi connectivity index (χ2v) is 5.45. The largest absolute Gasteiger partial charge is 0.508 e. The summed E-state index contributed by atoms with van der Waals surface area (Å²) in [4.78, 5) is 24.5. The molecule has 0 amide bonds. The lowest BCUT2D eigenvalue weighted by molar-refractivity contribution is 0.0898. The summed E-state index contributed by atoms with van der Waals surface area (Å²) in [7, 11) is 2.09. The molecule has 2 heterocycles. The summed E-state index contributed by atoms with van der Waals surface area (Å²) in [5.41, 5.74) is 5.20. The topological polar surface area (TPSA) is 120 Å². The molecule has 0 saturated carbocycles. The SMILES string of the molecule is NCc1ccccc1O.O=c1ccn(C2CC/C(=C\OP)O2)c(=O)[nH]1. The third kappa shape index (κ3) is 5.20. The number of nitrogens with two attached hydrogens (primary N) is 1. The molecule has 2 atom stereocenters. The molecule has 1 fully saturated rings. The quantitative estimate of drug-likeness (QED) is 0.558. The van der Waals surface area contributed by atoms with E-state index < -0.39 is 11.2 Å². The van der Waals surface area contributed by atoms with Gasteiger partial charge in [0.1, 0.15) is 17.8 Å². The average molecular weight is 365 g/mol. The van der Waals surface area contributed by atoms with Crippen LogP contribution >= 0.6 is 9.47 Å². The minimum absolute atomic E-state index is 0.278. The molecule has 1 aliphatic rings. The summed E-state index contributed by atoms with van der Waals surface area (Å²) in [6.45, 7) is 0.396. The monoisotopic (exact) mass is 365 g/mol. The lowest BCUT2D eigenvalue weighted by Gasteiger charge is -2.12. The van der Waals surface area contributed by atoms with Crippen LogP contribution < -0.4 is 17.0 Å². The fourth-order valence-electron chi connectivity index (χ4n) is 2.25. The summed E-state index contributed by atoms with van der Waals surface area (Å²) in [5.74, 6) is 0.957. The Kier molecular flexibility index (Phi) is 6.80. The van der Waals surface area contributed by atoms with Crippen LogP contribution in [0.1, 0.15) is 24.6 Å². The van der Waals surface area contributed by atoms with Crippen molar-refractivity contribution in [1.82, 2.24) is 9.55 Å². The summed E-state index contributed by atoms with van der Waals surface area (Å²) in [5, 5.41) is 9.03. The van der Waals surface area contributed by atoms with Crippen molar-refractivity contribution in [3.8, 4) is 5.75 Å². The number of hydrogen-bond acceptors (Lipinski definition) is 6. The van der Waals surface area contributed by atoms with Gasteiger partial charge in [0, 0.05) is 37.2 Å². The van der Waals surface area contributed by atoms with Crippen molar-refractivity contribution in [2.24, 2.45) is 5.73 Å². The smallest absolute Gasteiger partial charge is 0.331 e. The van der Waals surface area contributed by atoms with Crippen LogP contribution in [0.2, 0.25) is 0 Å². The zero-order chi connectivity index (χ0) is 18.2. The highest BCUT2D eigenvalue weighted by molar-refractivity contribution is 7.10. The third-order valence-corrected chi connectivity index (χ3v) is 3.63. The van der Waals surface area contributed by atoms with E-state index in [0.717, 1.165) is 5.56 Å². The first-order chi connectivity index (χ1) is 12.0. The average Bonchev–Trinajstić information content (AvgIpc) is 3.04. The molecule has 1 aromatic heterocycles. The Labute approximate surface area is 146 Å². The number of aromatic hydroxyl groups is 1. The minimum Gasteiger partial charge on any atom is -0.508 e. The minimum atomic E-state index is -0.467. The van der Waals surface area contributed by atoms with Gasteiger partial charge in [-0.15, -0.1) is 0 Å². The van der Waals surface area contributed by atoms with Crippen molar-refractivity contribution in [3.05, 3.63) is 75.0 Å². The first-order valence-electron chi connectivity index (χ1n) is 7.54. The Morgan fingerprint density at radius 2 is 2.16 bits per heavy atom. The van der Waals surface area contributed by atoms with Gasteiger partial charge >= 0.3 is 5.69 Å². The highest BCUT2D eigenvalue weighted by Gasteiger charge is 2.23. The molecule has 4 N–H and O–H groups in total. The number of aromatic amines is 1. The van der Waals surface area contributed by atoms with Crippen LogP contribution in [0.5, 0.6) is 5.75 Å². The van der Waals surface area contributed by atoms with Gasteiger partial charge in [0.15, 0.2) is 6.23 Å². The van der Waals surface area contributed by atoms with Gasteiger partial charge in [-0.25, -0.2) is 4.79 Å². The Balaban J connectivity index is 0.000000212. The highest BCUT2D eigenvalue weighted by Crippen LogP contribution is 2.29. The zero-order valence-electron chi connectivity index (χ0n) is 13.4. The number of nitrogens with zero attached hydrogens (tertiary/aromatic N) is 1. The number of para-hydroxylation sites is 1. The van der Waals surface area contributed by atoms with Crippen molar-refractivity contribution >= 4 is 9.47 Å². The number of allylic oxidation sites excluding steroid dienone is 1. The van der Waals surface area contributed by atoms with Crippen LogP contribution in [0.15, 0.2) is 58.1 Å². The molecule has 2 aromatic rings. The van der Waals surface area contributed by atoms with Crippen LogP contribution in [0, 0.1) is 0 Å². The van der Waals surface area contributed by atoms with E-state index in [1.165, 1.54) is 23.1 Å². The molecule has 0 aliphatic carbocycles. The van der Waals surface area contributed by atoms with Gasteiger partial charge in [0.2, 0.25) is 0 Å². The van der Waals surface area contributed by atoms with E-state index in [4.69, 9.17) is 20.1 Å². The van der Waals surface area contributed by atoms with Gasteiger partial charge in [0.05, 0.1) is 9.47 Å². The molecule has 3 rings (SSSR count). The van der Waals surface area contributed by atoms with Gasteiger partial charge in [-0.05, 0) is 6.07 Å². The molecular weight excluding hydrogens is 345 g/mol. The van der Waals surface area contributed by atoms with E-state index in [1.807, 2.05) is 6.07 Å². The van der Waals surface area contributed by atoms with Crippen molar-refractivity contribution in [2.45, 2.75) is 25.6 Å². The molecule has 1 aromatic carbocycles. The summed E-state index contributed by atoms with van der Waals surface area (Å²) >= 11 is 0. The number of rotatable bonds is 3. The Hall–Kier alpha value is -2.57. The molecule has 1 saturated heterocycles. The van der Waals surface area contributed by atoms with Gasteiger partial charge in [-0.3, -0.25) is 14.3 Å². The molecule has 2 unspecified atom stereocenters. The molecule has 8 nitrogen and oxygen atoms in total. The number of hydrogen-bond donors (Lipinski definition) is 3. The van der Waals surface area contributed by atoms with Crippen molar-refractivity contribution in [1.29, 1.82) is 0 Å². The van der Waals surface area contributed by atoms with E-state index in [9.17, 15) is 9.59 Å². The predicted octanol–water partition coefficient (Wildman–Crippen LogP) is 1.34. The van der Waals surface area contributed by atoms with Crippen LogP contribution in [-0.2, 0) is 15.8 Å². The maximum atomic E-state index is 11.5. The number of ether oxygens (including phenoxy) is 1. The van der Waals surface area contributed by atoms with Crippen LogP contribution in [0.4, 0.5) is 0 Å². The van der Waals surface area contributed by atoms with E-state index in [1.54, 1.807) is 18.2 Å². The maximum Gasteiger partial charge on any atom is 0.331 e. The Bertz CT molecular complexity index is 846. The van der Waals surface area contributed by atoms with Crippen LogP contribution in [0.3, 0.4) is 0 Å². The molecular formula is C16H20N3O5P. The highest BCUT2D eigenvalue weighted by atomic mass is 31.0. The van der Waals surface area contributed by atoms with Gasteiger partial charge < -0.3 is 20.1 Å². The number of H-pyrrole nitrogens is 1. The molecule has 0 spiro atoms. The number of nitrogens with one attached hydrogen (secondary N) is 1. The number of benzene rings is 1. The molecule has 25 heavy (non-hydrogen) atoms. The predicted molar refractivity (Wildman–Crippen MR) is 95.6 cm³/mol. The van der Waals surface area contributed by atoms with Crippen LogP contribution in [-0.4, -0.2) is 14.7 Å². The molecule has 0 radical (unpaired) electrons. The van der Waals surface area contributed by atoms with E-state index in [0.29, 0.717) is 25.1 Å². The number of phenolic OH excluding ortho intramolecular Hbond substituents is 1. The number of aromatic nitrogens is 2. The van der Waals surface area contributed by atoms with Crippen molar-refractivity contribution < 1.29 is 14.4 Å². The Morgan fingerprint density at radius 3 is 2.76 bits per heavy atom. The van der Waals surface area contributed by atoms with Gasteiger partial charge in [-0.1, -0.05) is 18.2 Å². The lowest BCUT2D eigenvalue weighted by atomic mass is 10.2. The second kappa shape index (κ2) is 9.05. The zero-order valence-corrected chi connectivity index (χ0v) is 14.6. The molecule has 0 bridgehead atoms. The van der Waals surface area contributed by atoms with E-state index in [-0.39, 0.29) is 12.0 Å². The fraction of sp³-hybridized carbons (Fsp3) is 0.250. The first kappa shape index (κ1) is 18.8. The third-order valence-electron chi connectivity index (χ3n) is 3.50. The van der Waals surface area contributed by atoms with Crippen LogP contribution in [0.25, 0.3) is 0 Å². The maximum absolute atomic E-state index is 11.5. The summed E-state index contributed by atoms with van der Waals surface area (Å²) < 4.78 is 11.6. The summed E-state index contributed by atoms with van der Waals surface area (Å²) in [6, 6.07) is 8.34. The number of phenols is 1. The lowest BCUT2D eigenvalue weighted by Crippen LogP contribution is -2.31. The molecule has 1 aliphatic heterocycles. The molecule has 134 valence electrons. The summed E-state index contributed by atoms with van der Waals surface area (Å²) in [6.07, 6.45) is 3.89. The normalized spacial score (nSPS) is 17.5. The fourth-order valence-corrected chi connectivity index (χ4v) is 2.41. The first-order valence-corrected chi connectivity index (χ1v) is 8.02. The van der Waals surface area contributed by atoms with Gasteiger partial charge in [-0.2, -0.15) is 0 Å². The standard InChI is InChI=1S/C9H11N2O4P.C7H9NO/c12-7-3-4-11(9(13)10-7)8-2-1-6(15-8)5-14-16;8-5-6-3-1-2-4-7(6)9/h3-5,8H,1-2,16H2,(H,10,12,13);1-4,9H,5,8H2/b6-5+;. The van der Waals surface area contributed by atoms with E-state index in [2.05, 4.69) is 14.5 Å². The van der Waals surface area contributed by atoms with Crippen molar-refractivity contribution in [3.63, 3.8) is 0 Å². The molecule has 9 heteroatoms.